The summed E-state index contributed by atoms with van der Waals surface area (Å²) in [7, 11) is 1.73. The molecular weight excluding hydrogens is 224 g/mol. The lowest BCUT2D eigenvalue weighted by atomic mass is 10.1. The molecule has 2 N–H and O–H groups in total. The van der Waals surface area contributed by atoms with Gasteiger partial charge in [0.2, 0.25) is 0 Å². The lowest BCUT2D eigenvalue weighted by Crippen LogP contribution is -2.24. The van der Waals surface area contributed by atoms with Crippen molar-refractivity contribution in [3.8, 4) is 5.75 Å². The number of hydrogen-bond acceptors (Lipinski definition) is 3. The van der Waals surface area contributed by atoms with Gasteiger partial charge < -0.3 is 15.4 Å². The van der Waals surface area contributed by atoms with Gasteiger partial charge in [-0.2, -0.15) is 0 Å². The predicted molar refractivity (Wildman–Crippen MR) is 76.6 cm³/mol. The van der Waals surface area contributed by atoms with Crippen LogP contribution in [0.3, 0.4) is 0 Å². The van der Waals surface area contributed by atoms with Crippen LogP contribution in [-0.2, 0) is 0 Å². The fourth-order valence-electron chi connectivity index (χ4n) is 2.77. The van der Waals surface area contributed by atoms with Gasteiger partial charge in [-0.3, -0.25) is 0 Å². The molecule has 0 aliphatic carbocycles. The number of ether oxygens (including phenoxy) is 1. The Morgan fingerprint density at radius 2 is 2.06 bits per heavy atom. The van der Waals surface area contributed by atoms with Crippen molar-refractivity contribution >= 4 is 5.69 Å². The van der Waals surface area contributed by atoms with Crippen molar-refractivity contribution in [3.63, 3.8) is 0 Å². The summed E-state index contributed by atoms with van der Waals surface area (Å²) in [5.41, 5.74) is 3.58. The van der Waals surface area contributed by atoms with Crippen molar-refractivity contribution in [1.82, 2.24) is 5.32 Å². The molecule has 1 heterocycles. The van der Waals surface area contributed by atoms with Crippen molar-refractivity contribution in [1.29, 1.82) is 0 Å². The van der Waals surface area contributed by atoms with Gasteiger partial charge in [-0.1, -0.05) is 0 Å². The zero-order chi connectivity index (χ0) is 13.0. The summed E-state index contributed by atoms with van der Waals surface area (Å²) in [5.74, 6) is 0.998. The van der Waals surface area contributed by atoms with Crippen LogP contribution in [-0.4, -0.2) is 26.2 Å². The number of rotatable bonds is 5. The highest BCUT2D eigenvalue weighted by Gasteiger charge is 2.13. The topological polar surface area (TPSA) is 33.3 Å². The molecule has 0 saturated carbocycles. The molecule has 3 heteroatoms. The summed E-state index contributed by atoms with van der Waals surface area (Å²) in [6.45, 7) is 6.40. The van der Waals surface area contributed by atoms with Gasteiger partial charge in [0, 0.05) is 18.3 Å². The molecule has 0 bridgehead atoms. The van der Waals surface area contributed by atoms with Crippen LogP contribution in [0.5, 0.6) is 5.75 Å². The Bertz CT molecular complexity index is 374. The fourth-order valence-corrected chi connectivity index (χ4v) is 2.77. The van der Waals surface area contributed by atoms with Crippen molar-refractivity contribution in [2.75, 3.05) is 25.5 Å². The van der Waals surface area contributed by atoms with E-state index in [4.69, 9.17) is 4.74 Å². The smallest absolute Gasteiger partial charge is 0.124 e. The Kier molecular flexibility index (Phi) is 4.48. The first-order chi connectivity index (χ1) is 8.70. The zero-order valence-electron chi connectivity index (χ0n) is 11.7. The number of benzene rings is 1. The second kappa shape index (κ2) is 6.10. The largest absolute Gasteiger partial charge is 0.496 e. The molecule has 1 aliphatic heterocycles. The molecule has 0 radical (unpaired) electrons. The highest BCUT2D eigenvalue weighted by molar-refractivity contribution is 5.55. The summed E-state index contributed by atoms with van der Waals surface area (Å²) >= 11 is 0. The first-order valence-corrected chi connectivity index (χ1v) is 6.83. The molecule has 18 heavy (non-hydrogen) atoms. The van der Waals surface area contributed by atoms with Gasteiger partial charge in [-0.15, -0.1) is 0 Å². The van der Waals surface area contributed by atoms with Crippen LogP contribution in [0.4, 0.5) is 5.69 Å². The first-order valence-electron chi connectivity index (χ1n) is 6.83. The van der Waals surface area contributed by atoms with E-state index in [-0.39, 0.29) is 0 Å². The SMILES string of the molecule is COc1c(C)cc(NCCC2CCCN2)cc1C. The van der Waals surface area contributed by atoms with Gasteiger partial charge in [0.05, 0.1) is 7.11 Å². The number of aryl methyl sites for hydroxylation is 2. The Hall–Kier alpha value is -1.22. The van der Waals surface area contributed by atoms with Gasteiger partial charge in [0.25, 0.3) is 0 Å². The summed E-state index contributed by atoms with van der Waals surface area (Å²) < 4.78 is 5.38. The van der Waals surface area contributed by atoms with Gasteiger partial charge in [-0.25, -0.2) is 0 Å². The third kappa shape index (κ3) is 3.16. The molecular formula is C15H24N2O. The van der Waals surface area contributed by atoms with E-state index in [0.29, 0.717) is 6.04 Å². The molecule has 3 nitrogen and oxygen atoms in total. The Morgan fingerprint density at radius 1 is 1.33 bits per heavy atom. The first kappa shape index (κ1) is 13.2. The van der Waals surface area contributed by atoms with E-state index in [0.717, 1.165) is 12.3 Å². The molecule has 1 aromatic rings. The summed E-state index contributed by atoms with van der Waals surface area (Å²) in [6.07, 6.45) is 3.85. The van der Waals surface area contributed by atoms with Crippen LogP contribution in [0.25, 0.3) is 0 Å². The normalized spacial score (nSPS) is 18.9. The molecule has 1 unspecified atom stereocenters. The van der Waals surface area contributed by atoms with E-state index < -0.39 is 0 Å². The van der Waals surface area contributed by atoms with Crippen molar-refractivity contribution in [3.05, 3.63) is 23.3 Å². The van der Waals surface area contributed by atoms with Gasteiger partial charge in [0.15, 0.2) is 0 Å². The number of anilines is 1. The zero-order valence-corrected chi connectivity index (χ0v) is 11.7. The van der Waals surface area contributed by atoms with Crippen LogP contribution < -0.4 is 15.4 Å². The van der Waals surface area contributed by atoms with Crippen molar-refractivity contribution in [2.24, 2.45) is 0 Å². The maximum atomic E-state index is 5.38. The Morgan fingerprint density at radius 3 is 2.61 bits per heavy atom. The van der Waals surface area contributed by atoms with Crippen molar-refractivity contribution < 1.29 is 4.74 Å². The molecule has 0 amide bonds. The van der Waals surface area contributed by atoms with E-state index in [1.807, 2.05) is 0 Å². The number of hydrogen-bond donors (Lipinski definition) is 2. The highest BCUT2D eigenvalue weighted by Crippen LogP contribution is 2.26. The van der Waals surface area contributed by atoms with Gasteiger partial charge in [-0.05, 0) is 62.9 Å². The summed E-state index contributed by atoms with van der Waals surface area (Å²) in [6, 6.07) is 5.03. The monoisotopic (exact) mass is 248 g/mol. The van der Waals surface area contributed by atoms with E-state index >= 15 is 0 Å². The molecule has 100 valence electrons. The van der Waals surface area contributed by atoms with E-state index in [1.54, 1.807) is 7.11 Å². The van der Waals surface area contributed by atoms with Crippen LogP contribution in [0, 0.1) is 13.8 Å². The molecule has 1 saturated heterocycles. The van der Waals surface area contributed by atoms with E-state index in [1.165, 1.54) is 42.6 Å². The maximum absolute atomic E-state index is 5.38. The third-order valence-electron chi connectivity index (χ3n) is 3.65. The second-order valence-electron chi connectivity index (χ2n) is 5.15. The molecule has 1 fully saturated rings. The summed E-state index contributed by atoms with van der Waals surface area (Å²) in [5, 5.41) is 7.03. The Balaban J connectivity index is 1.89. The third-order valence-corrected chi connectivity index (χ3v) is 3.65. The lowest BCUT2D eigenvalue weighted by Gasteiger charge is -2.14. The molecule has 0 aromatic heterocycles. The minimum atomic E-state index is 0.706. The predicted octanol–water partition coefficient (Wildman–Crippen LogP) is 2.87. The quantitative estimate of drug-likeness (QED) is 0.840. The Labute approximate surface area is 110 Å². The molecule has 0 spiro atoms. The van der Waals surface area contributed by atoms with Crippen LogP contribution in [0.1, 0.15) is 30.4 Å². The van der Waals surface area contributed by atoms with E-state index in [9.17, 15) is 0 Å². The van der Waals surface area contributed by atoms with Crippen LogP contribution in [0.15, 0.2) is 12.1 Å². The van der Waals surface area contributed by atoms with Gasteiger partial charge >= 0.3 is 0 Å². The summed E-state index contributed by atoms with van der Waals surface area (Å²) in [4.78, 5) is 0. The van der Waals surface area contributed by atoms with Crippen LogP contribution >= 0.6 is 0 Å². The molecule has 1 aliphatic rings. The lowest BCUT2D eigenvalue weighted by molar-refractivity contribution is 0.408. The average molecular weight is 248 g/mol. The highest BCUT2D eigenvalue weighted by atomic mass is 16.5. The molecule has 1 aromatic carbocycles. The number of nitrogens with one attached hydrogen (secondary N) is 2. The number of methoxy groups -OCH3 is 1. The van der Waals surface area contributed by atoms with Crippen LogP contribution in [0.2, 0.25) is 0 Å². The molecule has 2 rings (SSSR count). The minimum absolute atomic E-state index is 0.706. The maximum Gasteiger partial charge on any atom is 0.124 e. The molecule has 1 atom stereocenters. The van der Waals surface area contributed by atoms with Crippen molar-refractivity contribution in [2.45, 2.75) is 39.2 Å². The standard InChI is InChI=1S/C15H24N2O/c1-11-9-14(10-12(2)15(11)18-3)17-8-6-13-5-4-7-16-13/h9-10,13,16-17H,4-8H2,1-3H3. The van der Waals surface area contributed by atoms with Gasteiger partial charge in [0.1, 0.15) is 5.75 Å². The fraction of sp³-hybridized carbons (Fsp3) is 0.600. The second-order valence-corrected chi connectivity index (χ2v) is 5.15. The minimum Gasteiger partial charge on any atom is -0.496 e. The average Bonchev–Trinajstić information content (AvgIpc) is 2.82. The van der Waals surface area contributed by atoms with E-state index in [2.05, 4.69) is 36.6 Å².